The van der Waals surface area contributed by atoms with E-state index in [-0.39, 0.29) is 0 Å². The van der Waals surface area contributed by atoms with Gasteiger partial charge < -0.3 is 5.73 Å². The summed E-state index contributed by atoms with van der Waals surface area (Å²) in [6, 6.07) is 14.8. The van der Waals surface area contributed by atoms with Crippen LogP contribution >= 0.6 is 0 Å². The molecule has 0 atom stereocenters. The number of allylic oxidation sites excluding steroid dienone is 7. The van der Waals surface area contributed by atoms with E-state index in [0.717, 1.165) is 23.3 Å². The summed E-state index contributed by atoms with van der Waals surface area (Å²) >= 11 is 0. The van der Waals surface area contributed by atoms with Crippen molar-refractivity contribution in [3.63, 3.8) is 0 Å². The molecule has 0 radical (unpaired) electrons. The molecule has 0 aromatic heterocycles. The molecule has 1 heteroatoms. The molecule has 1 aliphatic carbocycles. The molecule has 0 spiro atoms. The molecule has 26 heavy (non-hydrogen) atoms. The summed E-state index contributed by atoms with van der Waals surface area (Å²) in [6.45, 7) is 12.0. The molecular weight excluding hydrogens is 314 g/mol. The molecule has 0 bridgehead atoms. The van der Waals surface area contributed by atoms with Gasteiger partial charge in [-0.05, 0) is 77.4 Å². The molecule has 0 amide bonds. The summed E-state index contributed by atoms with van der Waals surface area (Å²) in [5.74, 6) is 0. The predicted molar refractivity (Wildman–Crippen MR) is 116 cm³/mol. The van der Waals surface area contributed by atoms with Crippen molar-refractivity contribution in [3.05, 3.63) is 107 Å². The first-order chi connectivity index (χ1) is 12.4. The molecule has 0 saturated carbocycles. The van der Waals surface area contributed by atoms with Crippen LogP contribution in [-0.2, 0) is 6.42 Å². The second-order valence-corrected chi connectivity index (χ2v) is 6.90. The van der Waals surface area contributed by atoms with Crippen LogP contribution < -0.4 is 5.73 Å². The summed E-state index contributed by atoms with van der Waals surface area (Å²) < 4.78 is 0. The van der Waals surface area contributed by atoms with Crippen LogP contribution in [-0.4, -0.2) is 0 Å². The molecule has 0 aliphatic heterocycles. The number of benzene rings is 2. The Kier molecular flexibility index (Phi) is 5.09. The Hall–Kier alpha value is -3.06. The zero-order valence-corrected chi connectivity index (χ0v) is 15.5. The number of hydrogen-bond acceptors (Lipinski definition) is 1. The molecule has 2 aromatic rings. The van der Waals surface area contributed by atoms with Gasteiger partial charge in [0, 0.05) is 5.69 Å². The molecule has 0 unspecified atom stereocenters. The van der Waals surface area contributed by atoms with E-state index >= 15 is 0 Å². The van der Waals surface area contributed by atoms with E-state index in [1.165, 1.54) is 33.4 Å². The summed E-state index contributed by atoms with van der Waals surface area (Å²) in [6.07, 6.45) is 9.39. The number of hydrogen-bond donors (Lipinski definition) is 1. The fourth-order valence-electron chi connectivity index (χ4n) is 3.05. The molecule has 2 N–H and O–H groups in total. The molecular formula is C25H25N. The topological polar surface area (TPSA) is 26.0 Å². The van der Waals surface area contributed by atoms with Crippen LogP contribution in [0.5, 0.6) is 0 Å². The van der Waals surface area contributed by atoms with Crippen LogP contribution in [0.4, 0.5) is 5.69 Å². The van der Waals surface area contributed by atoms with Gasteiger partial charge in [-0.25, -0.2) is 0 Å². The quantitative estimate of drug-likeness (QED) is 0.491. The summed E-state index contributed by atoms with van der Waals surface area (Å²) in [5.41, 5.74) is 16.3. The molecule has 1 aliphatic rings. The molecule has 2 aromatic carbocycles. The van der Waals surface area contributed by atoms with Crippen molar-refractivity contribution in [3.8, 4) is 0 Å². The highest BCUT2D eigenvalue weighted by Crippen LogP contribution is 2.33. The zero-order chi connectivity index (χ0) is 18.7. The number of anilines is 1. The lowest BCUT2D eigenvalue weighted by atomic mass is 10.00. The molecule has 130 valence electrons. The van der Waals surface area contributed by atoms with E-state index in [1.807, 2.05) is 37.3 Å². The minimum Gasteiger partial charge on any atom is -0.399 e. The maximum absolute atomic E-state index is 5.93. The normalized spacial score (nSPS) is 13.6. The molecule has 0 heterocycles. The first kappa shape index (κ1) is 17.8. The van der Waals surface area contributed by atoms with Crippen molar-refractivity contribution in [1.82, 2.24) is 0 Å². The highest BCUT2D eigenvalue weighted by Gasteiger charge is 2.14. The van der Waals surface area contributed by atoms with Crippen molar-refractivity contribution >= 4 is 22.9 Å². The zero-order valence-electron chi connectivity index (χ0n) is 15.5. The minimum atomic E-state index is 0.807. The average Bonchev–Trinajstić information content (AvgIpc) is 3.04. The maximum atomic E-state index is 5.93. The van der Waals surface area contributed by atoms with Gasteiger partial charge in [-0.3, -0.25) is 0 Å². The average molecular weight is 339 g/mol. The standard InChI is InChI=1S/C25H25N/c1-17(2)18(3)7-5-8-19(4)20-11-12-22-14-24(15-23(22)13-20)21-9-6-10-25(26)16-21/h5-13,15-16H,1,3,14,26H2,2,4H3/b7-5-,19-8+. The lowest BCUT2D eigenvalue weighted by Crippen LogP contribution is -1.89. The fraction of sp³-hybridized carbons (Fsp3) is 0.120. The van der Waals surface area contributed by atoms with Gasteiger partial charge in [0.05, 0.1) is 0 Å². The third kappa shape index (κ3) is 3.94. The number of rotatable bonds is 5. The van der Waals surface area contributed by atoms with Crippen LogP contribution in [0.25, 0.3) is 17.2 Å². The van der Waals surface area contributed by atoms with Crippen LogP contribution in [0.15, 0.2) is 85.0 Å². The van der Waals surface area contributed by atoms with Crippen LogP contribution in [0, 0.1) is 0 Å². The SMILES string of the molecule is C=C(C)C(=C)/C=C\C=C(/C)c1ccc2c(c1)C=C(c1cccc(N)c1)C2. The monoisotopic (exact) mass is 339 g/mol. The van der Waals surface area contributed by atoms with E-state index in [1.54, 1.807) is 0 Å². The van der Waals surface area contributed by atoms with Crippen molar-refractivity contribution in [2.75, 3.05) is 5.73 Å². The summed E-state index contributed by atoms with van der Waals surface area (Å²) in [5, 5.41) is 0. The third-order valence-corrected chi connectivity index (χ3v) is 4.76. The minimum absolute atomic E-state index is 0.807. The van der Waals surface area contributed by atoms with Crippen molar-refractivity contribution in [2.24, 2.45) is 0 Å². The Labute approximate surface area is 156 Å². The van der Waals surface area contributed by atoms with Gasteiger partial charge in [-0.1, -0.05) is 67.3 Å². The molecule has 1 nitrogen and oxygen atoms in total. The first-order valence-electron chi connectivity index (χ1n) is 8.83. The Morgan fingerprint density at radius 2 is 1.88 bits per heavy atom. The second-order valence-electron chi connectivity index (χ2n) is 6.90. The highest BCUT2D eigenvalue weighted by atomic mass is 14.5. The lowest BCUT2D eigenvalue weighted by Gasteiger charge is -2.05. The number of nitrogen functional groups attached to an aromatic ring is 1. The molecule has 0 saturated heterocycles. The van der Waals surface area contributed by atoms with Gasteiger partial charge in [0.1, 0.15) is 0 Å². The maximum Gasteiger partial charge on any atom is 0.0320 e. The van der Waals surface area contributed by atoms with Gasteiger partial charge in [-0.15, -0.1) is 0 Å². The fourth-order valence-corrected chi connectivity index (χ4v) is 3.05. The van der Waals surface area contributed by atoms with Crippen LogP contribution in [0.3, 0.4) is 0 Å². The van der Waals surface area contributed by atoms with Crippen molar-refractivity contribution in [2.45, 2.75) is 20.3 Å². The first-order valence-corrected chi connectivity index (χ1v) is 8.83. The molecule has 0 fully saturated rings. The van der Waals surface area contributed by atoms with Gasteiger partial charge in [0.15, 0.2) is 0 Å². The van der Waals surface area contributed by atoms with Crippen LogP contribution in [0.2, 0.25) is 0 Å². The van der Waals surface area contributed by atoms with E-state index in [0.29, 0.717) is 0 Å². The summed E-state index contributed by atoms with van der Waals surface area (Å²) in [4.78, 5) is 0. The highest BCUT2D eigenvalue weighted by molar-refractivity contribution is 5.90. The van der Waals surface area contributed by atoms with E-state index in [4.69, 9.17) is 5.73 Å². The molecule has 3 rings (SSSR count). The Morgan fingerprint density at radius 3 is 2.62 bits per heavy atom. The van der Waals surface area contributed by atoms with E-state index in [9.17, 15) is 0 Å². The van der Waals surface area contributed by atoms with Gasteiger partial charge in [0.2, 0.25) is 0 Å². The smallest absolute Gasteiger partial charge is 0.0320 e. The van der Waals surface area contributed by atoms with Gasteiger partial charge in [0.25, 0.3) is 0 Å². The second kappa shape index (κ2) is 7.45. The van der Waals surface area contributed by atoms with Crippen molar-refractivity contribution in [1.29, 1.82) is 0 Å². The predicted octanol–water partition coefficient (Wildman–Crippen LogP) is 6.46. The summed E-state index contributed by atoms with van der Waals surface area (Å²) in [7, 11) is 0. The third-order valence-electron chi connectivity index (χ3n) is 4.76. The number of fused-ring (bicyclic) bond motifs is 1. The largest absolute Gasteiger partial charge is 0.399 e. The number of nitrogens with two attached hydrogens (primary N) is 1. The van der Waals surface area contributed by atoms with Gasteiger partial charge >= 0.3 is 0 Å². The Morgan fingerprint density at radius 1 is 1.08 bits per heavy atom. The lowest BCUT2D eigenvalue weighted by molar-refractivity contribution is 1.31. The Bertz CT molecular complexity index is 967. The Balaban J connectivity index is 1.83. The van der Waals surface area contributed by atoms with E-state index < -0.39 is 0 Å². The van der Waals surface area contributed by atoms with Gasteiger partial charge in [-0.2, -0.15) is 0 Å². The van der Waals surface area contributed by atoms with Crippen molar-refractivity contribution < 1.29 is 0 Å². The van der Waals surface area contributed by atoms with E-state index in [2.05, 4.69) is 56.5 Å². The van der Waals surface area contributed by atoms with Crippen LogP contribution in [0.1, 0.15) is 36.1 Å².